The van der Waals surface area contributed by atoms with E-state index in [1.165, 1.54) is 23.7 Å². The number of benzene rings is 1. The first-order valence-corrected chi connectivity index (χ1v) is 4.49. The van der Waals surface area contributed by atoms with Crippen molar-refractivity contribution in [1.29, 1.82) is 0 Å². The topological polar surface area (TPSA) is 34.9 Å². The number of ketones is 1. The number of carbonyl (C=O) groups excluding carboxylic acids is 1. The van der Waals surface area contributed by atoms with E-state index in [1.54, 1.807) is 24.5 Å². The van der Waals surface area contributed by atoms with Crippen LogP contribution < -0.4 is 0 Å². The maximum atomic E-state index is 13.0. The van der Waals surface area contributed by atoms with E-state index in [0.717, 1.165) is 0 Å². The van der Waals surface area contributed by atoms with Crippen molar-refractivity contribution in [3.63, 3.8) is 0 Å². The third-order valence-electron chi connectivity index (χ3n) is 2.09. The smallest absolute Gasteiger partial charge is 0.162 e. The average molecular weight is 204 g/mol. The minimum absolute atomic E-state index is 0.181. The van der Waals surface area contributed by atoms with Crippen LogP contribution in [0.3, 0.4) is 0 Å². The molecule has 0 amide bonds. The van der Waals surface area contributed by atoms with E-state index in [2.05, 4.69) is 5.10 Å². The van der Waals surface area contributed by atoms with Crippen LogP contribution in [-0.2, 0) is 0 Å². The highest BCUT2D eigenvalue weighted by Crippen LogP contribution is 2.15. The van der Waals surface area contributed by atoms with E-state index in [4.69, 9.17) is 0 Å². The van der Waals surface area contributed by atoms with Gasteiger partial charge in [-0.2, -0.15) is 5.10 Å². The van der Waals surface area contributed by atoms with Gasteiger partial charge in [-0.25, -0.2) is 9.07 Å². The van der Waals surface area contributed by atoms with Gasteiger partial charge in [-0.1, -0.05) is 0 Å². The zero-order valence-corrected chi connectivity index (χ0v) is 8.14. The van der Waals surface area contributed by atoms with Crippen LogP contribution in [0.1, 0.15) is 17.3 Å². The van der Waals surface area contributed by atoms with E-state index in [1.807, 2.05) is 0 Å². The third kappa shape index (κ3) is 1.79. The quantitative estimate of drug-likeness (QED) is 0.703. The fourth-order valence-electron chi connectivity index (χ4n) is 1.40. The molecule has 0 radical (unpaired) electrons. The zero-order chi connectivity index (χ0) is 10.8. The molecule has 0 bridgehead atoms. The van der Waals surface area contributed by atoms with E-state index in [-0.39, 0.29) is 5.78 Å². The van der Waals surface area contributed by atoms with E-state index in [0.29, 0.717) is 11.3 Å². The summed E-state index contributed by atoms with van der Waals surface area (Å²) in [5.41, 5.74) is 0.924. The van der Waals surface area contributed by atoms with Gasteiger partial charge in [-0.15, -0.1) is 0 Å². The molecule has 0 atom stereocenters. The molecule has 2 rings (SSSR count). The van der Waals surface area contributed by atoms with Gasteiger partial charge in [-0.05, 0) is 31.2 Å². The zero-order valence-electron chi connectivity index (χ0n) is 8.14. The maximum Gasteiger partial charge on any atom is 0.162 e. The van der Waals surface area contributed by atoms with Gasteiger partial charge in [0.15, 0.2) is 5.78 Å². The Hall–Kier alpha value is -1.97. The Balaban J connectivity index is 2.61. The number of rotatable bonds is 2. The highest BCUT2D eigenvalue weighted by molar-refractivity contribution is 5.97. The minimum Gasteiger partial charge on any atom is -0.294 e. The lowest BCUT2D eigenvalue weighted by Crippen LogP contribution is -2.04. The van der Waals surface area contributed by atoms with E-state index >= 15 is 0 Å². The van der Waals surface area contributed by atoms with Gasteiger partial charge in [0.1, 0.15) is 5.82 Å². The molecule has 0 aliphatic carbocycles. The number of Topliss-reactive ketones (excluding diaryl/α,β-unsaturated/α-hetero) is 1. The molecule has 3 nitrogen and oxygen atoms in total. The van der Waals surface area contributed by atoms with Gasteiger partial charge >= 0.3 is 0 Å². The lowest BCUT2D eigenvalue weighted by Gasteiger charge is -2.06. The molecule has 0 fully saturated rings. The first kappa shape index (κ1) is 9.58. The lowest BCUT2D eigenvalue weighted by molar-refractivity contribution is 0.101. The standard InChI is InChI=1S/C11H9FN2O/c1-8(15)10-7-9(12)3-4-11(10)14-6-2-5-13-14/h2-7H,1H3. The van der Waals surface area contributed by atoms with Crippen molar-refractivity contribution < 1.29 is 9.18 Å². The van der Waals surface area contributed by atoms with Gasteiger partial charge in [-0.3, -0.25) is 4.79 Å². The Morgan fingerprint density at radius 1 is 1.47 bits per heavy atom. The van der Waals surface area contributed by atoms with Crippen molar-refractivity contribution >= 4 is 5.78 Å². The fourth-order valence-corrected chi connectivity index (χ4v) is 1.40. The van der Waals surface area contributed by atoms with Crippen LogP contribution in [0.15, 0.2) is 36.7 Å². The number of hydrogen-bond donors (Lipinski definition) is 0. The summed E-state index contributed by atoms with van der Waals surface area (Å²) in [5, 5.41) is 4.00. The summed E-state index contributed by atoms with van der Waals surface area (Å²) in [7, 11) is 0. The van der Waals surface area contributed by atoms with Crippen molar-refractivity contribution in [2.24, 2.45) is 0 Å². The lowest BCUT2D eigenvalue weighted by atomic mass is 10.1. The van der Waals surface area contributed by atoms with Gasteiger partial charge < -0.3 is 0 Å². The summed E-state index contributed by atoms with van der Waals surface area (Å²) in [6, 6.07) is 5.81. The van der Waals surface area contributed by atoms with Crippen molar-refractivity contribution in [3.8, 4) is 5.69 Å². The monoisotopic (exact) mass is 204 g/mol. The molecule has 0 spiro atoms. The van der Waals surface area contributed by atoms with Crippen LogP contribution in [0.2, 0.25) is 0 Å². The van der Waals surface area contributed by atoms with Gasteiger partial charge in [0.2, 0.25) is 0 Å². The number of nitrogens with zero attached hydrogens (tertiary/aromatic N) is 2. The summed E-state index contributed by atoms with van der Waals surface area (Å²) in [6.45, 7) is 1.40. The molecule has 1 heterocycles. The second kappa shape index (κ2) is 3.65. The number of halogens is 1. The van der Waals surface area contributed by atoms with Gasteiger partial charge in [0.25, 0.3) is 0 Å². The Morgan fingerprint density at radius 3 is 2.87 bits per heavy atom. The van der Waals surface area contributed by atoms with Crippen LogP contribution in [-0.4, -0.2) is 15.6 Å². The molecular weight excluding hydrogens is 195 g/mol. The first-order chi connectivity index (χ1) is 7.18. The second-order valence-electron chi connectivity index (χ2n) is 3.17. The van der Waals surface area contributed by atoms with Crippen LogP contribution in [0, 0.1) is 5.82 Å². The predicted molar refractivity (Wildman–Crippen MR) is 53.5 cm³/mol. The fraction of sp³-hybridized carbons (Fsp3) is 0.0909. The molecule has 0 aliphatic heterocycles. The van der Waals surface area contributed by atoms with E-state index in [9.17, 15) is 9.18 Å². The molecule has 15 heavy (non-hydrogen) atoms. The second-order valence-corrected chi connectivity index (χ2v) is 3.17. The maximum absolute atomic E-state index is 13.0. The highest BCUT2D eigenvalue weighted by Gasteiger charge is 2.10. The predicted octanol–water partition coefficient (Wildman–Crippen LogP) is 2.21. The van der Waals surface area contributed by atoms with Crippen LogP contribution >= 0.6 is 0 Å². The van der Waals surface area contributed by atoms with Crippen LogP contribution in [0.25, 0.3) is 5.69 Å². The Morgan fingerprint density at radius 2 is 2.27 bits per heavy atom. The molecular formula is C11H9FN2O. The molecule has 0 N–H and O–H groups in total. The summed E-state index contributed by atoms with van der Waals surface area (Å²) in [5.74, 6) is -0.601. The SMILES string of the molecule is CC(=O)c1cc(F)ccc1-n1cccn1. The Kier molecular flexibility index (Phi) is 2.33. The van der Waals surface area contributed by atoms with Crippen LogP contribution in [0.4, 0.5) is 4.39 Å². The van der Waals surface area contributed by atoms with Crippen molar-refractivity contribution in [1.82, 2.24) is 9.78 Å². The highest BCUT2D eigenvalue weighted by atomic mass is 19.1. The summed E-state index contributed by atoms with van der Waals surface area (Å²) in [4.78, 5) is 11.3. The summed E-state index contributed by atoms with van der Waals surface area (Å²) < 4.78 is 14.5. The molecule has 76 valence electrons. The van der Waals surface area contributed by atoms with Gasteiger partial charge in [0.05, 0.1) is 5.69 Å². The van der Waals surface area contributed by atoms with Gasteiger partial charge in [0, 0.05) is 18.0 Å². The molecule has 1 aromatic heterocycles. The van der Waals surface area contributed by atoms with E-state index < -0.39 is 5.82 Å². The van der Waals surface area contributed by atoms with Crippen LogP contribution in [0.5, 0.6) is 0 Å². The molecule has 0 saturated carbocycles. The Labute approximate surface area is 86.2 Å². The molecule has 0 saturated heterocycles. The largest absolute Gasteiger partial charge is 0.294 e. The molecule has 0 unspecified atom stereocenters. The normalized spacial score (nSPS) is 10.3. The number of aromatic nitrogens is 2. The third-order valence-corrected chi connectivity index (χ3v) is 2.09. The number of hydrogen-bond acceptors (Lipinski definition) is 2. The van der Waals surface area contributed by atoms with Crippen molar-refractivity contribution in [2.45, 2.75) is 6.92 Å². The summed E-state index contributed by atoms with van der Waals surface area (Å²) in [6.07, 6.45) is 3.31. The molecule has 1 aromatic carbocycles. The number of carbonyl (C=O) groups is 1. The van der Waals surface area contributed by atoms with Crippen molar-refractivity contribution in [3.05, 3.63) is 48.0 Å². The molecule has 2 aromatic rings. The van der Waals surface area contributed by atoms with Crippen molar-refractivity contribution in [2.75, 3.05) is 0 Å². The molecule has 0 aliphatic rings. The summed E-state index contributed by atoms with van der Waals surface area (Å²) >= 11 is 0. The minimum atomic E-state index is -0.420. The average Bonchev–Trinajstić information content (AvgIpc) is 2.70. The first-order valence-electron chi connectivity index (χ1n) is 4.49. The molecule has 4 heteroatoms. The Bertz CT molecular complexity index is 491.